The average Bonchev–Trinajstić information content (AvgIpc) is 2.53. The van der Waals surface area contributed by atoms with Gasteiger partial charge in [-0.2, -0.15) is 0 Å². The van der Waals surface area contributed by atoms with E-state index < -0.39 is 10.8 Å². The van der Waals surface area contributed by atoms with Crippen LogP contribution >= 0.6 is 0 Å². The maximum absolute atomic E-state index is 12.3. The van der Waals surface area contributed by atoms with Gasteiger partial charge in [0, 0.05) is 27.8 Å². The van der Waals surface area contributed by atoms with Crippen molar-refractivity contribution < 1.29 is 13.7 Å². The molecule has 4 nitrogen and oxygen atoms in total. The first-order chi connectivity index (χ1) is 10.2. The largest absolute Gasteiger partial charge is 0.486 e. The summed E-state index contributed by atoms with van der Waals surface area (Å²) in [6, 6.07) is 6.07. The van der Waals surface area contributed by atoms with Crippen LogP contribution < -0.4 is 14.8 Å². The summed E-state index contributed by atoms with van der Waals surface area (Å²) in [4.78, 5) is 0. The molecule has 1 aromatic carbocycles. The topological polar surface area (TPSA) is 47.6 Å². The molecule has 0 saturated heterocycles. The van der Waals surface area contributed by atoms with Crippen LogP contribution in [0.5, 0.6) is 11.5 Å². The van der Waals surface area contributed by atoms with Gasteiger partial charge < -0.3 is 14.8 Å². The van der Waals surface area contributed by atoms with Gasteiger partial charge >= 0.3 is 0 Å². The summed E-state index contributed by atoms with van der Waals surface area (Å²) in [7, 11) is -0.833. The zero-order valence-electron chi connectivity index (χ0n) is 13.1. The van der Waals surface area contributed by atoms with E-state index in [0.29, 0.717) is 19.0 Å². The van der Waals surface area contributed by atoms with Gasteiger partial charge in [-0.1, -0.05) is 26.8 Å². The van der Waals surface area contributed by atoms with Crippen molar-refractivity contribution in [3.8, 4) is 11.5 Å². The standard InChI is InChI=1S/C16H25NO3S/c1-4-12(3)21(18)11-14(17-5-2)13-6-7-15-16(10-13)20-9-8-19-15/h6-7,10,12,14,17H,4-5,8-9,11H2,1-3H3. The molecule has 1 aromatic rings. The van der Waals surface area contributed by atoms with E-state index in [-0.39, 0.29) is 11.3 Å². The van der Waals surface area contributed by atoms with E-state index in [1.165, 1.54) is 0 Å². The molecular weight excluding hydrogens is 286 g/mol. The van der Waals surface area contributed by atoms with Crippen LogP contribution in [-0.2, 0) is 10.8 Å². The Labute approximate surface area is 129 Å². The highest BCUT2D eigenvalue weighted by molar-refractivity contribution is 7.85. The molecule has 0 fully saturated rings. The second kappa shape index (κ2) is 7.80. The van der Waals surface area contributed by atoms with Gasteiger partial charge in [-0.3, -0.25) is 4.21 Å². The minimum absolute atomic E-state index is 0.0839. The predicted octanol–water partition coefficient (Wildman–Crippen LogP) is 2.66. The summed E-state index contributed by atoms with van der Waals surface area (Å²) >= 11 is 0. The van der Waals surface area contributed by atoms with Crippen molar-refractivity contribution in [3.63, 3.8) is 0 Å². The molecule has 1 heterocycles. The molecule has 0 spiro atoms. The SMILES string of the molecule is CCNC(CS(=O)C(C)CC)c1ccc2c(c1)OCCO2. The number of nitrogens with one attached hydrogen (secondary N) is 1. The summed E-state index contributed by atoms with van der Waals surface area (Å²) in [5.41, 5.74) is 1.11. The van der Waals surface area contributed by atoms with Crippen molar-refractivity contribution in [3.05, 3.63) is 23.8 Å². The van der Waals surface area contributed by atoms with Gasteiger partial charge in [0.15, 0.2) is 11.5 Å². The lowest BCUT2D eigenvalue weighted by Crippen LogP contribution is -2.29. The molecular formula is C16H25NO3S. The quantitative estimate of drug-likeness (QED) is 0.841. The fourth-order valence-corrected chi connectivity index (χ4v) is 3.65. The second-order valence-electron chi connectivity index (χ2n) is 5.28. The van der Waals surface area contributed by atoms with Crippen LogP contribution in [0.25, 0.3) is 0 Å². The first-order valence-corrected chi connectivity index (χ1v) is 9.04. The monoisotopic (exact) mass is 311 g/mol. The third-order valence-corrected chi connectivity index (χ3v) is 5.67. The molecule has 0 bridgehead atoms. The number of hydrogen-bond acceptors (Lipinski definition) is 4. The van der Waals surface area contributed by atoms with Crippen molar-refractivity contribution in [1.29, 1.82) is 0 Å². The van der Waals surface area contributed by atoms with Crippen molar-refractivity contribution in [2.75, 3.05) is 25.5 Å². The highest BCUT2D eigenvalue weighted by Gasteiger charge is 2.20. The molecule has 0 aromatic heterocycles. The molecule has 1 aliphatic heterocycles. The van der Waals surface area contributed by atoms with E-state index in [9.17, 15) is 4.21 Å². The lowest BCUT2D eigenvalue weighted by Gasteiger charge is -2.23. The summed E-state index contributed by atoms with van der Waals surface area (Å²) in [5, 5.41) is 3.65. The van der Waals surface area contributed by atoms with Crippen molar-refractivity contribution in [1.82, 2.24) is 5.32 Å². The Morgan fingerprint density at radius 2 is 1.95 bits per heavy atom. The first kappa shape index (κ1) is 16.3. The van der Waals surface area contributed by atoms with E-state index in [0.717, 1.165) is 30.0 Å². The van der Waals surface area contributed by atoms with Crippen LogP contribution in [-0.4, -0.2) is 35.0 Å². The van der Waals surface area contributed by atoms with Gasteiger partial charge in [0.1, 0.15) is 13.2 Å². The Morgan fingerprint density at radius 3 is 2.62 bits per heavy atom. The van der Waals surface area contributed by atoms with E-state index in [1.807, 2.05) is 25.1 Å². The van der Waals surface area contributed by atoms with Crippen LogP contribution in [0.1, 0.15) is 38.8 Å². The van der Waals surface area contributed by atoms with E-state index in [4.69, 9.17) is 9.47 Å². The van der Waals surface area contributed by atoms with Crippen LogP contribution in [0.2, 0.25) is 0 Å². The van der Waals surface area contributed by atoms with Crippen LogP contribution in [0.3, 0.4) is 0 Å². The van der Waals surface area contributed by atoms with Gasteiger partial charge in [0.2, 0.25) is 0 Å². The molecule has 0 radical (unpaired) electrons. The predicted molar refractivity (Wildman–Crippen MR) is 86.6 cm³/mol. The Hall–Kier alpha value is -1.07. The number of hydrogen-bond donors (Lipinski definition) is 1. The Morgan fingerprint density at radius 1 is 1.24 bits per heavy atom. The molecule has 1 N–H and O–H groups in total. The van der Waals surface area contributed by atoms with Gasteiger partial charge in [0.25, 0.3) is 0 Å². The molecule has 1 aliphatic rings. The lowest BCUT2D eigenvalue weighted by atomic mass is 10.1. The number of benzene rings is 1. The molecule has 0 amide bonds. The third-order valence-electron chi connectivity index (χ3n) is 3.77. The Bertz CT molecular complexity index is 492. The number of rotatable bonds is 7. The Kier molecular flexibility index (Phi) is 6.06. The lowest BCUT2D eigenvalue weighted by molar-refractivity contribution is 0.171. The first-order valence-electron chi connectivity index (χ1n) is 7.65. The Balaban J connectivity index is 2.15. The van der Waals surface area contributed by atoms with Crippen LogP contribution in [0.4, 0.5) is 0 Å². The summed E-state index contributed by atoms with van der Waals surface area (Å²) in [5.74, 6) is 2.21. The molecule has 0 aliphatic carbocycles. The average molecular weight is 311 g/mol. The highest BCUT2D eigenvalue weighted by atomic mass is 32.2. The van der Waals surface area contributed by atoms with Gasteiger partial charge in [-0.15, -0.1) is 0 Å². The minimum atomic E-state index is -0.833. The summed E-state index contributed by atoms with van der Waals surface area (Å²) in [6.07, 6.45) is 0.937. The van der Waals surface area contributed by atoms with Gasteiger partial charge in [-0.25, -0.2) is 0 Å². The fourth-order valence-electron chi connectivity index (χ4n) is 2.31. The maximum Gasteiger partial charge on any atom is 0.161 e. The molecule has 21 heavy (non-hydrogen) atoms. The number of fused-ring (bicyclic) bond motifs is 1. The van der Waals surface area contributed by atoms with Crippen molar-refractivity contribution in [2.24, 2.45) is 0 Å². The molecule has 5 heteroatoms. The van der Waals surface area contributed by atoms with E-state index in [2.05, 4.69) is 19.2 Å². The smallest absolute Gasteiger partial charge is 0.161 e. The van der Waals surface area contributed by atoms with Crippen molar-refractivity contribution in [2.45, 2.75) is 38.5 Å². The van der Waals surface area contributed by atoms with Gasteiger partial charge in [-0.05, 0) is 30.7 Å². The zero-order chi connectivity index (χ0) is 15.2. The molecule has 118 valence electrons. The van der Waals surface area contributed by atoms with Crippen LogP contribution in [0.15, 0.2) is 18.2 Å². The van der Waals surface area contributed by atoms with Gasteiger partial charge in [0.05, 0.1) is 0 Å². The highest BCUT2D eigenvalue weighted by Crippen LogP contribution is 2.33. The molecule has 2 rings (SSSR count). The van der Waals surface area contributed by atoms with E-state index >= 15 is 0 Å². The van der Waals surface area contributed by atoms with Crippen LogP contribution in [0, 0.1) is 0 Å². The maximum atomic E-state index is 12.3. The van der Waals surface area contributed by atoms with E-state index in [1.54, 1.807) is 0 Å². The second-order valence-corrected chi connectivity index (χ2v) is 7.18. The molecule has 3 atom stereocenters. The molecule has 0 saturated carbocycles. The summed E-state index contributed by atoms with van der Waals surface area (Å²) < 4.78 is 23.5. The zero-order valence-corrected chi connectivity index (χ0v) is 13.9. The normalized spacial score (nSPS) is 18.0. The minimum Gasteiger partial charge on any atom is -0.486 e. The number of ether oxygens (including phenoxy) is 2. The van der Waals surface area contributed by atoms with Crippen molar-refractivity contribution >= 4 is 10.8 Å². The summed E-state index contributed by atoms with van der Waals surface area (Å²) in [6.45, 7) is 8.22. The molecule has 3 unspecified atom stereocenters. The third kappa shape index (κ3) is 4.20. The fraction of sp³-hybridized carbons (Fsp3) is 0.625.